The lowest BCUT2D eigenvalue weighted by molar-refractivity contribution is 1.63. The summed E-state index contributed by atoms with van der Waals surface area (Å²) < 4.78 is 0. The lowest BCUT2D eigenvalue weighted by atomic mass is 10.4. The molecule has 0 fully saturated rings. The summed E-state index contributed by atoms with van der Waals surface area (Å²) in [5, 5.41) is 1.14. The second-order valence-corrected chi connectivity index (χ2v) is 2.45. The van der Waals surface area contributed by atoms with Gasteiger partial charge in [0, 0.05) is 5.03 Å². The third-order valence-corrected chi connectivity index (χ3v) is 1.42. The monoisotopic (exact) mass is 162 g/mol. The van der Waals surface area contributed by atoms with E-state index in [1.54, 1.807) is 25.2 Å². The largest absolute Gasteiger partial charge is 0.0991 e. The maximum atomic E-state index is 5.61. The van der Waals surface area contributed by atoms with Gasteiger partial charge >= 0.3 is 0 Å². The molecule has 0 amide bonds. The summed E-state index contributed by atoms with van der Waals surface area (Å²) in [7, 11) is 0. The zero-order chi connectivity index (χ0) is 7.28. The molecule has 0 nitrogen and oxygen atoms in total. The predicted octanol–water partition coefficient (Wildman–Crippen LogP) is 3.44. The minimum Gasteiger partial charge on any atom is -0.0991 e. The molecular formula is C7H8Cl2. The van der Waals surface area contributed by atoms with Crippen LogP contribution in [0.15, 0.2) is 34.9 Å². The fourth-order valence-electron chi connectivity index (χ4n) is 0.267. The van der Waals surface area contributed by atoms with Gasteiger partial charge in [0.15, 0.2) is 0 Å². The Morgan fingerprint density at radius 3 is 2.33 bits per heavy atom. The van der Waals surface area contributed by atoms with E-state index in [1.807, 2.05) is 0 Å². The highest BCUT2D eigenvalue weighted by Crippen LogP contribution is 2.13. The highest BCUT2D eigenvalue weighted by Gasteiger charge is 1.87. The van der Waals surface area contributed by atoms with E-state index in [1.165, 1.54) is 0 Å². The predicted molar refractivity (Wildman–Crippen MR) is 43.7 cm³/mol. The van der Waals surface area contributed by atoms with Crippen molar-refractivity contribution in [3.63, 3.8) is 0 Å². The van der Waals surface area contributed by atoms with E-state index in [2.05, 4.69) is 6.58 Å². The maximum Gasteiger partial charge on any atom is 0.0548 e. The van der Waals surface area contributed by atoms with Gasteiger partial charge in [-0.2, -0.15) is 0 Å². The molecule has 0 bridgehead atoms. The molecule has 0 saturated heterocycles. The van der Waals surface area contributed by atoms with Crippen LogP contribution in [0.3, 0.4) is 0 Å². The molecule has 0 radical (unpaired) electrons. The van der Waals surface area contributed by atoms with E-state index >= 15 is 0 Å². The van der Waals surface area contributed by atoms with E-state index in [0.29, 0.717) is 10.1 Å². The van der Waals surface area contributed by atoms with Crippen molar-refractivity contribution in [2.45, 2.75) is 6.92 Å². The first-order chi connectivity index (χ1) is 4.18. The molecule has 0 unspecified atom stereocenters. The van der Waals surface area contributed by atoms with Crippen molar-refractivity contribution in [2.24, 2.45) is 0 Å². The Kier molecular flexibility index (Phi) is 4.55. The first-order valence-corrected chi connectivity index (χ1v) is 3.25. The molecule has 0 rings (SSSR count). The summed E-state index contributed by atoms with van der Waals surface area (Å²) in [6.07, 6.45) is 5.06. The number of rotatable bonds is 2. The van der Waals surface area contributed by atoms with Crippen LogP contribution in [-0.4, -0.2) is 0 Å². The Bertz CT molecular complexity index is 150. The van der Waals surface area contributed by atoms with Crippen molar-refractivity contribution < 1.29 is 0 Å². The van der Waals surface area contributed by atoms with Crippen molar-refractivity contribution in [1.82, 2.24) is 0 Å². The molecule has 0 aromatic carbocycles. The van der Waals surface area contributed by atoms with Crippen LogP contribution in [0.4, 0.5) is 0 Å². The minimum atomic E-state index is 0.552. The fourth-order valence-corrected chi connectivity index (χ4v) is 0.403. The summed E-state index contributed by atoms with van der Waals surface area (Å²) in [4.78, 5) is 0. The van der Waals surface area contributed by atoms with Gasteiger partial charge in [0.1, 0.15) is 0 Å². The van der Waals surface area contributed by atoms with E-state index in [9.17, 15) is 0 Å². The molecule has 0 N–H and O–H groups in total. The number of halogens is 2. The molecule has 0 saturated carbocycles. The second-order valence-electron chi connectivity index (χ2n) is 1.48. The van der Waals surface area contributed by atoms with Crippen molar-refractivity contribution in [1.29, 1.82) is 0 Å². The molecule has 0 atom stereocenters. The molecule has 0 spiro atoms. The standard InChI is InChI=1S/C7H8Cl2/c1-3-4-5-7(9)6(2)8/h3-5H,1H2,2H3. The van der Waals surface area contributed by atoms with Gasteiger partial charge in [0.2, 0.25) is 0 Å². The third kappa shape index (κ3) is 4.31. The van der Waals surface area contributed by atoms with Crippen molar-refractivity contribution >= 4 is 23.2 Å². The van der Waals surface area contributed by atoms with Crippen LogP contribution < -0.4 is 0 Å². The zero-order valence-electron chi connectivity index (χ0n) is 5.20. The Morgan fingerprint density at radius 2 is 2.00 bits per heavy atom. The van der Waals surface area contributed by atoms with E-state index in [4.69, 9.17) is 23.2 Å². The third-order valence-electron chi connectivity index (χ3n) is 0.708. The van der Waals surface area contributed by atoms with Gasteiger partial charge in [-0.15, -0.1) is 0 Å². The van der Waals surface area contributed by atoms with Crippen LogP contribution in [0.5, 0.6) is 0 Å². The van der Waals surface area contributed by atoms with Crippen molar-refractivity contribution in [3.05, 3.63) is 34.9 Å². The molecule has 9 heavy (non-hydrogen) atoms. The Morgan fingerprint density at radius 1 is 1.44 bits per heavy atom. The van der Waals surface area contributed by atoms with Crippen molar-refractivity contribution in [2.75, 3.05) is 0 Å². The quantitative estimate of drug-likeness (QED) is 0.547. The minimum absolute atomic E-state index is 0.552. The van der Waals surface area contributed by atoms with Gasteiger partial charge in [0.05, 0.1) is 5.03 Å². The van der Waals surface area contributed by atoms with E-state index < -0.39 is 0 Å². The molecule has 0 aliphatic rings. The summed E-state index contributed by atoms with van der Waals surface area (Å²) in [6.45, 7) is 5.21. The summed E-state index contributed by atoms with van der Waals surface area (Å²) in [6, 6.07) is 0. The van der Waals surface area contributed by atoms with E-state index in [0.717, 1.165) is 0 Å². The van der Waals surface area contributed by atoms with Gasteiger partial charge in [-0.1, -0.05) is 41.9 Å². The molecular weight excluding hydrogens is 155 g/mol. The van der Waals surface area contributed by atoms with Crippen LogP contribution in [0, 0.1) is 0 Å². The van der Waals surface area contributed by atoms with Crippen LogP contribution in [0.1, 0.15) is 6.92 Å². The second kappa shape index (κ2) is 4.66. The topological polar surface area (TPSA) is 0 Å². The first kappa shape index (κ1) is 8.80. The van der Waals surface area contributed by atoms with Crippen LogP contribution in [-0.2, 0) is 0 Å². The fraction of sp³-hybridized carbons (Fsp3) is 0.143. The first-order valence-electron chi connectivity index (χ1n) is 2.49. The molecule has 0 aliphatic heterocycles. The molecule has 0 heterocycles. The average Bonchev–Trinajstić information content (AvgIpc) is 1.82. The van der Waals surface area contributed by atoms with Gasteiger partial charge in [-0.05, 0) is 13.0 Å². The Hall–Kier alpha value is -0.200. The Labute approximate surface area is 65.5 Å². The lowest BCUT2D eigenvalue weighted by Crippen LogP contribution is -1.64. The smallest absolute Gasteiger partial charge is 0.0548 e. The zero-order valence-corrected chi connectivity index (χ0v) is 6.71. The number of allylic oxidation sites excluding steroid dienone is 5. The summed E-state index contributed by atoms with van der Waals surface area (Å²) in [5.41, 5.74) is 0. The number of hydrogen-bond acceptors (Lipinski definition) is 0. The molecule has 2 heteroatoms. The summed E-state index contributed by atoms with van der Waals surface area (Å²) >= 11 is 11.1. The highest BCUT2D eigenvalue weighted by atomic mass is 35.5. The van der Waals surface area contributed by atoms with Crippen LogP contribution in [0.2, 0.25) is 0 Å². The lowest BCUT2D eigenvalue weighted by Gasteiger charge is -1.86. The molecule has 50 valence electrons. The summed E-state index contributed by atoms with van der Waals surface area (Å²) in [5.74, 6) is 0. The normalized spacial score (nSPS) is 13.7. The van der Waals surface area contributed by atoms with E-state index in [-0.39, 0.29) is 0 Å². The molecule has 0 aromatic rings. The van der Waals surface area contributed by atoms with Gasteiger partial charge in [-0.25, -0.2) is 0 Å². The van der Waals surface area contributed by atoms with Gasteiger partial charge < -0.3 is 0 Å². The van der Waals surface area contributed by atoms with Crippen molar-refractivity contribution in [3.8, 4) is 0 Å². The molecule has 0 aliphatic carbocycles. The SMILES string of the molecule is C=CC=CC(Cl)=C(C)Cl. The van der Waals surface area contributed by atoms with Crippen LogP contribution in [0.25, 0.3) is 0 Å². The van der Waals surface area contributed by atoms with Gasteiger partial charge in [-0.3, -0.25) is 0 Å². The van der Waals surface area contributed by atoms with Crippen LogP contribution >= 0.6 is 23.2 Å². The number of hydrogen-bond donors (Lipinski definition) is 0. The average molecular weight is 163 g/mol. The maximum absolute atomic E-state index is 5.61. The molecule has 0 aromatic heterocycles. The Balaban J connectivity index is 4.06. The van der Waals surface area contributed by atoms with Gasteiger partial charge in [0.25, 0.3) is 0 Å². The highest BCUT2D eigenvalue weighted by molar-refractivity contribution is 6.39.